The minimum absolute atomic E-state index is 0.0916. The van der Waals surface area contributed by atoms with Gasteiger partial charge in [-0.05, 0) is 13.8 Å². The van der Waals surface area contributed by atoms with E-state index in [4.69, 9.17) is 5.73 Å². The highest BCUT2D eigenvalue weighted by Gasteiger charge is 2.18. The number of anilines is 1. The van der Waals surface area contributed by atoms with Gasteiger partial charge < -0.3 is 10.3 Å². The second-order valence-electron chi connectivity index (χ2n) is 4.31. The van der Waals surface area contributed by atoms with Crippen molar-refractivity contribution < 1.29 is 0 Å². The molecule has 0 aliphatic heterocycles. The van der Waals surface area contributed by atoms with Crippen LogP contribution in [0.15, 0.2) is 9.59 Å². The van der Waals surface area contributed by atoms with Gasteiger partial charge in [-0.2, -0.15) is 4.98 Å². The summed E-state index contributed by atoms with van der Waals surface area (Å²) in [6, 6.07) is -0.0916. The standard InChI is InChI=1S/C10H15N5O2/c1-5(2)15-7-6(13(3)9(11)12-7)8(16)14(4)10(15)17/h5H,1-4H3,(H2,11,12). The van der Waals surface area contributed by atoms with Crippen molar-refractivity contribution in [1.29, 1.82) is 0 Å². The molecule has 0 bridgehead atoms. The van der Waals surface area contributed by atoms with Crippen LogP contribution >= 0.6 is 0 Å². The highest BCUT2D eigenvalue weighted by molar-refractivity contribution is 5.73. The first-order chi connectivity index (χ1) is 7.86. The first kappa shape index (κ1) is 11.4. The van der Waals surface area contributed by atoms with E-state index in [1.165, 1.54) is 16.2 Å². The molecule has 0 saturated carbocycles. The van der Waals surface area contributed by atoms with E-state index in [0.717, 1.165) is 4.57 Å². The lowest BCUT2D eigenvalue weighted by molar-refractivity contribution is 0.552. The monoisotopic (exact) mass is 237 g/mol. The molecule has 0 aliphatic carbocycles. The largest absolute Gasteiger partial charge is 0.369 e. The van der Waals surface area contributed by atoms with Crippen molar-refractivity contribution in [2.75, 3.05) is 5.73 Å². The Labute approximate surface area is 97.1 Å². The number of nitrogen functional groups attached to an aromatic ring is 1. The molecule has 0 aromatic carbocycles. The topological polar surface area (TPSA) is 87.8 Å². The van der Waals surface area contributed by atoms with Gasteiger partial charge >= 0.3 is 5.69 Å². The molecular weight excluding hydrogens is 222 g/mol. The Bertz CT molecular complexity index is 704. The van der Waals surface area contributed by atoms with Crippen LogP contribution in [-0.4, -0.2) is 18.7 Å². The zero-order valence-electron chi connectivity index (χ0n) is 10.3. The van der Waals surface area contributed by atoms with E-state index in [2.05, 4.69) is 4.98 Å². The summed E-state index contributed by atoms with van der Waals surface area (Å²) in [7, 11) is 3.10. The first-order valence-corrected chi connectivity index (χ1v) is 5.29. The van der Waals surface area contributed by atoms with Gasteiger partial charge in [-0.3, -0.25) is 13.9 Å². The van der Waals surface area contributed by atoms with Crippen LogP contribution in [-0.2, 0) is 14.1 Å². The lowest BCUT2D eigenvalue weighted by Gasteiger charge is -2.11. The summed E-state index contributed by atoms with van der Waals surface area (Å²) in [5.41, 5.74) is 5.61. The molecule has 2 aromatic heterocycles. The lowest BCUT2D eigenvalue weighted by atomic mass is 10.3. The molecule has 0 radical (unpaired) electrons. The van der Waals surface area contributed by atoms with E-state index in [1.807, 2.05) is 13.8 Å². The summed E-state index contributed by atoms with van der Waals surface area (Å²) in [6.07, 6.45) is 0. The minimum atomic E-state index is -0.381. The first-order valence-electron chi connectivity index (χ1n) is 5.29. The lowest BCUT2D eigenvalue weighted by Crippen LogP contribution is -2.39. The Morgan fingerprint density at radius 3 is 2.29 bits per heavy atom. The maximum absolute atomic E-state index is 12.0. The summed E-state index contributed by atoms with van der Waals surface area (Å²) in [5.74, 6) is 0.220. The Kier molecular flexibility index (Phi) is 2.34. The van der Waals surface area contributed by atoms with Crippen molar-refractivity contribution >= 4 is 17.1 Å². The molecule has 0 amide bonds. The predicted molar refractivity (Wildman–Crippen MR) is 65.0 cm³/mol. The quantitative estimate of drug-likeness (QED) is 0.730. The van der Waals surface area contributed by atoms with Crippen molar-refractivity contribution in [3.63, 3.8) is 0 Å². The Hall–Kier alpha value is -2.05. The Morgan fingerprint density at radius 1 is 1.18 bits per heavy atom. The van der Waals surface area contributed by atoms with Crippen LogP contribution in [0.2, 0.25) is 0 Å². The molecule has 2 aromatic rings. The predicted octanol–water partition coefficient (Wildman–Crippen LogP) is -0.403. The maximum Gasteiger partial charge on any atom is 0.332 e. The van der Waals surface area contributed by atoms with E-state index >= 15 is 0 Å². The number of aryl methyl sites for hydroxylation is 1. The van der Waals surface area contributed by atoms with E-state index in [1.54, 1.807) is 7.05 Å². The zero-order valence-corrected chi connectivity index (χ0v) is 10.3. The van der Waals surface area contributed by atoms with Crippen molar-refractivity contribution in [3.05, 3.63) is 20.8 Å². The van der Waals surface area contributed by atoms with Crippen molar-refractivity contribution in [2.24, 2.45) is 14.1 Å². The van der Waals surface area contributed by atoms with E-state index < -0.39 is 0 Å². The molecule has 0 spiro atoms. The van der Waals surface area contributed by atoms with Gasteiger partial charge in [0.05, 0.1) is 0 Å². The van der Waals surface area contributed by atoms with Gasteiger partial charge in [-0.1, -0.05) is 0 Å². The SMILES string of the molecule is CC(C)n1c(=O)n(C)c(=O)c2c1nc(N)n2C. The number of nitrogens with two attached hydrogens (primary N) is 1. The van der Waals surface area contributed by atoms with Crippen LogP contribution in [0.5, 0.6) is 0 Å². The summed E-state index contributed by atoms with van der Waals surface area (Å²) < 4.78 is 4.03. The number of hydrogen-bond donors (Lipinski definition) is 1. The maximum atomic E-state index is 12.0. The van der Waals surface area contributed by atoms with Crippen LogP contribution in [0, 0.1) is 0 Å². The molecule has 92 valence electrons. The van der Waals surface area contributed by atoms with Gasteiger partial charge in [-0.25, -0.2) is 4.79 Å². The average molecular weight is 237 g/mol. The molecule has 0 atom stereocenters. The number of aromatic nitrogens is 4. The van der Waals surface area contributed by atoms with E-state index in [0.29, 0.717) is 11.2 Å². The van der Waals surface area contributed by atoms with Crippen molar-refractivity contribution in [2.45, 2.75) is 19.9 Å². The number of fused-ring (bicyclic) bond motifs is 1. The summed E-state index contributed by atoms with van der Waals surface area (Å²) in [6.45, 7) is 3.71. The number of hydrogen-bond acceptors (Lipinski definition) is 4. The summed E-state index contributed by atoms with van der Waals surface area (Å²) in [4.78, 5) is 28.1. The molecule has 0 unspecified atom stereocenters. The molecule has 7 nitrogen and oxygen atoms in total. The van der Waals surface area contributed by atoms with Crippen molar-refractivity contribution in [3.8, 4) is 0 Å². The summed E-state index contributed by atoms with van der Waals surface area (Å²) in [5, 5.41) is 0. The van der Waals surface area contributed by atoms with Gasteiger partial charge in [0, 0.05) is 20.1 Å². The third-order valence-electron chi connectivity index (χ3n) is 2.86. The second-order valence-corrected chi connectivity index (χ2v) is 4.31. The molecule has 2 rings (SSSR count). The molecule has 0 fully saturated rings. The third-order valence-corrected chi connectivity index (χ3v) is 2.86. The van der Waals surface area contributed by atoms with Gasteiger partial charge in [0.2, 0.25) is 5.95 Å². The Morgan fingerprint density at radius 2 is 1.76 bits per heavy atom. The fraction of sp³-hybridized carbons (Fsp3) is 0.500. The average Bonchev–Trinajstić information content (AvgIpc) is 2.52. The molecular formula is C10H15N5O2. The summed E-state index contributed by atoms with van der Waals surface area (Å²) >= 11 is 0. The molecule has 2 heterocycles. The van der Waals surface area contributed by atoms with Crippen LogP contribution < -0.4 is 17.0 Å². The third kappa shape index (κ3) is 1.38. The number of imidazole rings is 1. The highest BCUT2D eigenvalue weighted by atomic mass is 16.2. The second kappa shape index (κ2) is 3.47. The van der Waals surface area contributed by atoms with Crippen LogP contribution in [0.1, 0.15) is 19.9 Å². The van der Waals surface area contributed by atoms with Crippen molar-refractivity contribution in [1.82, 2.24) is 18.7 Å². The minimum Gasteiger partial charge on any atom is -0.369 e. The fourth-order valence-corrected chi connectivity index (χ4v) is 1.87. The molecule has 7 heteroatoms. The van der Waals surface area contributed by atoms with E-state index in [9.17, 15) is 9.59 Å². The molecule has 0 saturated heterocycles. The number of rotatable bonds is 1. The highest BCUT2D eigenvalue weighted by Crippen LogP contribution is 2.13. The van der Waals surface area contributed by atoms with E-state index in [-0.39, 0.29) is 23.2 Å². The van der Waals surface area contributed by atoms with Gasteiger partial charge in [-0.15, -0.1) is 0 Å². The zero-order chi connectivity index (χ0) is 12.9. The fourth-order valence-electron chi connectivity index (χ4n) is 1.87. The van der Waals surface area contributed by atoms with Gasteiger partial charge in [0.25, 0.3) is 5.56 Å². The smallest absolute Gasteiger partial charge is 0.332 e. The molecule has 0 aliphatic rings. The molecule has 2 N–H and O–H groups in total. The number of nitrogens with zero attached hydrogens (tertiary/aromatic N) is 4. The van der Waals surface area contributed by atoms with Crippen LogP contribution in [0.25, 0.3) is 11.2 Å². The van der Waals surface area contributed by atoms with Gasteiger partial charge in [0.1, 0.15) is 0 Å². The van der Waals surface area contributed by atoms with Crippen LogP contribution in [0.4, 0.5) is 5.95 Å². The Balaban J connectivity index is 3.16. The van der Waals surface area contributed by atoms with Crippen LogP contribution in [0.3, 0.4) is 0 Å². The normalized spacial score (nSPS) is 11.6. The van der Waals surface area contributed by atoms with Gasteiger partial charge in [0.15, 0.2) is 11.2 Å². The molecule has 17 heavy (non-hydrogen) atoms.